The van der Waals surface area contributed by atoms with E-state index in [1.807, 2.05) is 6.92 Å². The Morgan fingerprint density at radius 1 is 1.14 bits per heavy atom. The minimum absolute atomic E-state index is 0.0852. The van der Waals surface area contributed by atoms with Gasteiger partial charge in [0.05, 0.1) is 22.2 Å². The Hall–Kier alpha value is -2.83. The van der Waals surface area contributed by atoms with E-state index in [-0.39, 0.29) is 11.6 Å². The summed E-state index contributed by atoms with van der Waals surface area (Å²) in [5.41, 5.74) is 1.48. The van der Waals surface area contributed by atoms with Crippen LogP contribution in [0.1, 0.15) is 40.6 Å². The molecular weight excluding hydrogens is 415 g/mol. The molecule has 0 saturated carbocycles. The molecular formula is C21H18Cl2N2O4. The van der Waals surface area contributed by atoms with Crippen molar-refractivity contribution in [2.24, 2.45) is 0 Å². The molecule has 6 nitrogen and oxygen atoms in total. The molecule has 1 N–H and O–H groups in total. The van der Waals surface area contributed by atoms with Crippen LogP contribution in [0.4, 0.5) is 5.69 Å². The lowest BCUT2D eigenvalue weighted by atomic mass is 10.2. The molecule has 0 spiro atoms. The van der Waals surface area contributed by atoms with E-state index in [0.29, 0.717) is 33.5 Å². The van der Waals surface area contributed by atoms with E-state index in [4.69, 9.17) is 32.4 Å². The van der Waals surface area contributed by atoms with Gasteiger partial charge in [-0.05, 0) is 42.8 Å². The molecule has 0 unspecified atom stereocenters. The summed E-state index contributed by atoms with van der Waals surface area (Å²) in [4.78, 5) is 28.7. The molecule has 29 heavy (non-hydrogen) atoms. The maximum absolute atomic E-state index is 12.5. The Morgan fingerprint density at radius 2 is 1.97 bits per heavy atom. The Kier molecular flexibility index (Phi) is 6.90. The van der Waals surface area contributed by atoms with Gasteiger partial charge in [-0.3, -0.25) is 4.79 Å². The maximum Gasteiger partial charge on any atom is 0.338 e. The van der Waals surface area contributed by atoms with Crippen LogP contribution < -0.4 is 5.32 Å². The number of nitrogens with zero attached hydrogens (tertiary/aromatic N) is 1. The fraction of sp³-hybridized carbons (Fsp3) is 0.190. The van der Waals surface area contributed by atoms with Crippen molar-refractivity contribution in [1.29, 1.82) is 0 Å². The lowest BCUT2D eigenvalue weighted by molar-refractivity contribution is 0.0499. The van der Waals surface area contributed by atoms with E-state index in [1.165, 1.54) is 6.26 Å². The SMILES string of the molecule is CCCCOC(=O)c1cccc(NC(=O)c2coc(-c3ccc(Cl)c(Cl)c3)n2)c1. The molecule has 0 saturated heterocycles. The molecule has 0 bridgehead atoms. The second-order valence-corrected chi connectivity index (χ2v) is 7.01. The number of ether oxygens (including phenoxy) is 1. The van der Waals surface area contributed by atoms with Gasteiger partial charge in [-0.2, -0.15) is 0 Å². The second-order valence-electron chi connectivity index (χ2n) is 6.19. The number of aromatic nitrogens is 1. The maximum atomic E-state index is 12.5. The van der Waals surface area contributed by atoms with Gasteiger partial charge in [-0.25, -0.2) is 9.78 Å². The molecule has 3 aromatic rings. The molecule has 0 aliphatic rings. The minimum atomic E-state index is -0.475. The molecule has 0 aliphatic carbocycles. The Balaban J connectivity index is 1.69. The zero-order valence-electron chi connectivity index (χ0n) is 15.6. The summed E-state index contributed by atoms with van der Waals surface area (Å²) in [6.45, 7) is 2.38. The first-order valence-electron chi connectivity index (χ1n) is 8.97. The highest BCUT2D eigenvalue weighted by atomic mass is 35.5. The highest BCUT2D eigenvalue weighted by Gasteiger charge is 2.15. The number of halogens is 2. The quantitative estimate of drug-likeness (QED) is 0.373. The molecule has 1 heterocycles. The number of anilines is 1. The number of hydrogen-bond acceptors (Lipinski definition) is 5. The summed E-state index contributed by atoms with van der Waals surface area (Å²) in [7, 11) is 0. The van der Waals surface area contributed by atoms with E-state index in [2.05, 4.69) is 10.3 Å². The lowest BCUT2D eigenvalue weighted by Gasteiger charge is -2.07. The van der Waals surface area contributed by atoms with Crippen LogP contribution in [0.15, 0.2) is 53.1 Å². The number of carbonyl (C=O) groups is 2. The Labute approximate surface area is 177 Å². The van der Waals surface area contributed by atoms with Crippen LogP contribution in [0.25, 0.3) is 11.5 Å². The van der Waals surface area contributed by atoms with Gasteiger partial charge in [0.2, 0.25) is 5.89 Å². The Bertz CT molecular complexity index is 1030. The standard InChI is InChI=1S/C21H18Cl2N2O4/c1-2-3-9-28-21(27)14-5-4-6-15(10-14)24-19(26)18-12-29-20(25-18)13-7-8-16(22)17(23)11-13/h4-8,10-12H,2-3,9H2,1H3,(H,24,26). The van der Waals surface area contributed by atoms with Gasteiger partial charge in [0.15, 0.2) is 5.69 Å². The lowest BCUT2D eigenvalue weighted by Crippen LogP contribution is -2.13. The van der Waals surface area contributed by atoms with Gasteiger partial charge in [0, 0.05) is 11.3 Å². The number of oxazole rings is 1. The van der Waals surface area contributed by atoms with E-state index in [0.717, 1.165) is 12.8 Å². The van der Waals surface area contributed by atoms with Crippen molar-refractivity contribution in [3.8, 4) is 11.5 Å². The van der Waals surface area contributed by atoms with Crippen molar-refractivity contribution >= 4 is 40.8 Å². The molecule has 1 amide bonds. The fourth-order valence-corrected chi connectivity index (χ4v) is 2.75. The topological polar surface area (TPSA) is 81.4 Å². The number of amides is 1. The normalized spacial score (nSPS) is 10.6. The van der Waals surface area contributed by atoms with E-state index >= 15 is 0 Å². The van der Waals surface area contributed by atoms with Crippen LogP contribution in [-0.4, -0.2) is 23.5 Å². The number of hydrogen-bond donors (Lipinski definition) is 1. The third-order valence-corrected chi connectivity index (χ3v) is 4.73. The van der Waals surface area contributed by atoms with E-state index < -0.39 is 11.9 Å². The minimum Gasteiger partial charge on any atom is -0.462 e. The average Bonchev–Trinajstić information content (AvgIpc) is 3.21. The van der Waals surface area contributed by atoms with Crippen molar-refractivity contribution in [3.63, 3.8) is 0 Å². The van der Waals surface area contributed by atoms with Gasteiger partial charge in [0.1, 0.15) is 6.26 Å². The summed E-state index contributed by atoms with van der Waals surface area (Å²) in [5.74, 6) is -0.670. The third kappa shape index (κ3) is 5.37. The smallest absolute Gasteiger partial charge is 0.338 e. The fourth-order valence-electron chi connectivity index (χ4n) is 2.45. The summed E-state index contributed by atoms with van der Waals surface area (Å²) in [6, 6.07) is 11.4. The number of esters is 1. The first-order valence-corrected chi connectivity index (χ1v) is 9.73. The second kappa shape index (κ2) is 9.58. The Morgan fingerprint density at radius 3 is 2.72 bits per heavy atom. The van der Waals surface area contributed by atoms with E-state index in [1.54, 1.807) is 42.5 Å². The van der Waals surface area contributed by atoms with Crippen LogP contribution in [0.2, 0.25) is 10.0 Å². The van der Waals surface area contributed by atoms with Crippen molar-refractivity contribution in [2.45, 2.75) is 19.8 Å². The molecule has 0 radical (unpaired) electrons. The molecule has 0 fully saturated rings. The van der Waals surface area contributed by atoms with Crippen molar-refractivity contribution < 1.29 is 18.7 Å². The molecule has 1 aromatic heterocycles. The zero-order valence-corrected chi connectivity index (χ0v) is 17.1. The molecule has 0 aliphatic heterocycles. The first kappa shape index (κ1) is 20.9. The van der Waals surface area contributed by atoms with Crippen LogP contribution in [0.5, 0.6) is 0 Å². The molecule has 0 atom stereocenters. The molecule has 3 rings (SSSR count). The largest absolute Gasteiger partial charge is 0.462 e. The molecule has 2 aromatic carbocycles. The number of carbonyl (C=O) groups excluding carboxylic acids is 2. The number of rotatable bonds is 7. The summed E-state index contributed by atoms with van der Waals surface area (Å²) < 4.78 is 10.6. The monoisotopic (exact) mass is 432 g/mol. The average molecular weight is 433 g/mol. The van der Waals surface area contributed by atoms with Crippen LogP contribution in [0, 0.1) is 0 Å². The van der Waals surface area contributed by atoms with Gasteiger partial charge in [0.25, 0.3) is 5.91 Å². The van der Waals surface area contributed by atoms with Crippen LogP contribution in [-0.2, 0) is 4.74 Å². The van der Waals surface area contributed by atoms with E-state index in [9.17, 15) is 9.59 Å². The highest BCUT2D eigenvalue weighted by molar-refractivity contribution is 6.42. The van der Waals surface area contributed by atoms with Crippen LogP contribution in [0.3, 0.4) is 0 Å². The zero-order chi connectivity index (χ0) is 20.8. The van der Waals surface area contributed by atoms with Gasteiger partial charge in [-0.1, -0.05) is 42.6 Å². The van der Waals surface area contributed by atoms with Crippen molar-refractivity contribution in [1.82, 2.24) is 4.98 Å². The summed E-state index contributed by atoms with van der Waals surface area (Å²) >= 11 is 11.9. The third-order valence-electron chi connectivity index (χ3n) is 3.99. The summed E-state index contributed by atoms with van der Waals surface area (Å²) in [6.07, 6.45) is 2.98. The highest BCUT2D eigenvalue weighted by Crippen LogP contribution is 2.28. The molecule has 150 valence electrons. The predicted molar refractivity (Wildman–Crippen MR) is 112 cm³/mol. The van der Waals surface area contributed by atoms with Crippen LogP contribution >= 0.6 is 23.2 Å². The number of unbranched alkanes of at least 4 members (excludes halogenated alkanes) is 1. The van der Waals surface area contributed by atoms with Gasteiger partial charge in [-0.15, -0.1) is 0 Å². The number of nitrogens with one attached hydrogen (secondary N) is 1. The van der Waals surface area contributed by atoms with Gasteiger partial charge < -0.3 is 14.5 Å². The first-order chi connectivity index (χ1) is 14.0. The van der Waals surface area contributed by atoms with Crippen molar-refractivity contribution in [3.05, 3.63) is 70.0 Å². The number of benzene rings is 2. The van der Waals surface area contributed by atoms with Crippen molar-refractivity contribution in [2.75, 3.05) is 11.9 Å². The summed E-state index contributed by atoms with van der Waals surface area (Å²) in [5, 5.41) is 3.46. The molecule has 8 heteroatoms. The van der Waals surface area contributed by atoms with Gasteiger partial charge >= 0.3 is 5.97 Å². The predicted octanol–water partition coefficient (Wildman–Crippen LogP) is 5.86.